The molecule has 2 aromatic carbocycles. The molecule has 0 unspecified atom stereocenters. The molecule has 1 aromatic heterocycles. The second kappa shape index (κ2) is 8.65. The molecule has 0 bridgehead atoms. The maximum atomic E-state index is 12.7. The van der Waals surface area contributed by atoms with Gasteiger partial charge < -0.3 is 20.1 Å². The van der Waals surface area contributed by atoms with Gasteiger partial charge in [-0.3, -0.25) is 9.59 Å². The maximum absolute atomic E-state index is 12.7. The second-order valence-corrected chi connectivity index (χ2v) is 7.05. The highest BCUT2D eigenvalue weighted by Gasteiger charge is 2.22. The number of ether oxygens (including phenoxy) is 1. The first-order valence-electron chi connectivity index (χ1n) is 8.45. The van der Waals surface area contributed by atoms with Gasteiger partial charge >= 0.3 is 5.97 Å². The minimum absolute atomic E-state index is 0.0303. The Morgan fingerprint density at radius 3 is 2.59 bits per heavy atom. The first-order valence-corrected chi connectivity index (χ1v) is 9.21. The minimum atomic E-state index is -1.34. The predicted molar refractivity (Wildman–Crippen MR) is 110 cm³/mol. The van der Waals surface area contributed by atoms with E-state index in [2.05, 4.69) is 10.3 Å². The lowest BCUT2D eigenvalue weighted by molar-refractivity contribution is -0.131. The third-order valence-electron chi connectivity index (χ3n) is 4.34. The molecule has 7 nitrogen and oxygen atoms in total. The van der Waals surface area contributed by atoms with Crippen molar-refractivity contribution < 1.29 is 19.4 Å². The molecular formula is C20H16Cl2N2O5. The number of carbonyl (C=O) groups excluding carboxylic acids is 1. The molecule has 0 aliphatic heterocycles. The van der Waals surface area contributed by atoms with Crippen LogP contribution in [0.3, 0.4) is 0 Å². The van der Waals surface area contributed by atoms with E-state index in [-0.39, 0.29) is 6.54 Å². The predicted octanol–water partition coefficient (Wildman–Crippen LogP) is 3.54. The number of aromatic carboxylic acids is 1. The number of rotatable bonds is 6. The molecule has 150 valence electrons. The number of benzene rings is 2. The van der Waals surface area contributed by atoms with E-state index in [4.69, 9.17) is 33.0 Å². The van der Waals surface area contributed by atoms with Crippen molar-refractivity contribution in [2.24, 2.45) is 0 Å². The van der Waals surface area contributed by atoms with Crippen LogP contribution in [0, 0.1) is 0 Å². The summed E-state index contributed by atoms with van der Waals surface area (Å²) in [5.74, 6) is -1.77. The van der Waals surface area contributed by atoms with Crippen molar-refractivity contribution in [1.82, 2.24) is 10.3 Å². The molecule has 0 aliphatic carbocycles. The number of carboxylic acids is 1. The number of hydrogen-bond donors (Lipinski definition) is 3. The Bertz CT molecular complexity index is 1160. The zero-order valence-electron chi connectivity index (χ0n) is 15.2. The van der Waals surface area contributed by atoms with Gasteiger partial charge in [-0.25, -0.2) is 4.79 Å². The Morgan fingerprint density at radius 2 is 1.93 bits per heavy atom. The second-order valence-electron chi connectivity index (χ2n) is 6.20. The third kappa shape index (κ3) is 4.42. The van der Waals surface area contributed by atoms with Crippen LogP contribution in [0.2, 0.25) is 10.0 Å². The van der Waals surface area contributed by atoms with Crippen molar-refractivity contribution in [2.75, 3.05) is 7.11 Å². The molecule has 0 saturated carbocycles. The fourth-order valence-electron chi connectivity index (χ4n) is 2.99. The van der Waals surface area contributed by atoms with E-state index in [0.29, 0.717) is 32.1 Å². The van der Waals surface area contributed by atoms with Crippen LogP contribution in [-0.2, 0) is 16.1 Å². The number of methoxy groups -OCH3 is 1. The Labute approximate surface area is 175 Å². The van der Waals surface area contributed by atoms with Gasteiger partial charge in [-0.05, 0) is 29.8 Å². The van der Waals surface area contributed by atoms with E-state index in [1.54, 1.807) is 30.3 Å². The fraction of sp³-hybridized carbons (Fsp3) is 0.150. The van der Waals surface area contributed by atoms with Gasteiger partial charge in [0.05, 0.1) is 5.52 Å². The van der Waals surface area contributed by atoms with Crippen LogP contribution in [0.4, 0.5) is 0 Å². The summed E-state index contributed by atoms with van der Waals surface area (Å²) in [5, 5.41) is 13.0. The van der Waals surface area contributed by atoms with E-state index in [1.165, 1.54) is 19.2 Å². The Balaban J connectivity index is 1.91. The standard InChI is InChI=1S/C20H16Cl2N2O5/c1-29-17(13-4-2-3-5-15(13)22)19(26)23-9-11-7-12(21)6-10-8-14(20(27)28)18(25)24-16(10)11/h2-8,17H,9H2,1H3,(H,23,26)(H,24,25)(H,27,28)/t17-/m0/s1. The van der Waals surface area contributed by atoms with Crippen LogP contribution in [0.15, 0.2) is 47.3 Å². The number of hydrogen-bond acceptors (Lipinski definition) is 4. The Kier molecular flexibility index (Phi) is 6.22. The van der Waals surface area contributed by atoms with Crippen LogP contribution in [-0.4, -0.2) is 29.1 Å². The highest BCUT2D eigenvalue weighted by atomic mass is 35.5. The van der Waals surface area contributed by atoms with Gasteiger partial charge in [0, 0.05) is 34.6 Å². The van der Waals surface area contributed by atoms with Gasteiger partial charge in [-0.2, -0.15) is 0 Å². The van der Waals surface area contributed by atoms with Gasteiger partial charge in [0.2, 0.25) is 0 Å². The number of H-pyrrole nitrogens is 1. The number of pyridine rings is 1. The van der Waals surface area contributed by atoms with Crippen molar-refractivity contribution in [2.45, 2.75) is 12.6 Å². The zero-order chi connectivity index (χ0) is 21.1. The minimum Gasteiger partial charge on any atom is -0.477 e. The van der Waals surface area contributed by atoms with Gasteiger partial charge in [-0.1, -0.05) is 41.4 Å². The first kappa shape index (κ1) is 20.9. The summed E-state index contributed by atoms with van der Waals surface area (Å²) in [4.78, 5) is 38.4. The van der Waals surface area contributed by atoms with E-state index < -0.39 is 29.1 Å². The van der Waals surface area contributed by atoms with Gasteiger partial charge in [0.1, 0.15) is 5.56 Å². The average Bonchev–Trinajstić information content (AvgIpc) is 2.68. The van der Waals surface area contributed by atoms with E-state index in [1.807, 2.05) is 0 Å². The molecule has 3 rings (SSSR count). The monoisotopic (exact) mass is 434 g/mol. The number of aromatic amines is 1. The molecule has 3 aromatic rings. The number of fused-ring (bicyclic) bond motifs is 1. The smallest absolute Gasteiger partial charge is 0.341 e. The number of aromatic nitrogens is 1. The van der Waals surface area contributed by atoms with E-state index >= 15 is 0 Å². The summed E-state index contributed by atoms with van der Waals surface area (Å²) < 4.78 is 5.29. The summed E-state index contributed by atoms with van der Waals surface area (Å²) in [7, 11) is 1.40. The Hall–Kier alpha value is -2.87. The molecule has 0 aliphatic rings. The van der Waals surface area contributed by atoms with Gasteiger partial charge in [0.25, 0.3) is 11.5 Å². The maximum Gasteiger partial charge on any atom is 0.341 e. The summed E-state index contributed by atoms with van der Waals surface area (Å²) in [5.41, 5.74) is 0.281. The number of nitrogens with one attached hydrogen (secondary N) is 2. The lowest BCUT2D eigenvalue weighted by Crippen LogP contribution is -2.30. The Morgan fingerprint density at radius 1 is 1.21 bits per heavy atom. The zero-order valence-corrected chi connectivity index (χ0v) is 16.7. The first-order chi connectivity index (χ1) is 13.8. The molecule has 0 spiro atoms. The van der Waals surface area contributed by atoms with E-state index in [9.17, 15) is 14.4 Å². The molecule has 3 N–H and O–H groups in total. The molecule has 1 heterocycles. The quantitative estimate of drug-likeness (QED) is 0.549. The van der Waals surface area contributed by atoms with Crippen LogP contribution in [0.1, 0.15) is 27.6 Å². The van der Waals surface area contributed by atoms with Crippen molar-refractivity contribution >= 4 is 46.0 Å². The molecule has 0 radical (unpaired) electrons. The number of carbonyl (C=O) groups is 2. The van der Waals surface area contributed by atoms with Gasteiger partial charge in [-0.15, -0.1) is 0 Å². The lowest BCUT2D eigenvalue weighted by Gasteiger charge is -2.17. The largest absolute Gasteiger partial charge is 0.477 e. The highest BCUT2D eigenvalue weighted by molar-refractivity contribution is 6.32. The molecule has 1 amide bonds. The van der Waals surface area contributed by atoms with Crippen LogP contribution in [0.25, 0.3) is 10.9 Å². The average molecular weight is 435 g/mol. The topological polar surface area (TPSA) is 108 Å². The lowest BCUT2D eigenvalue weighted by atomic mass is 10.1. The fourth-order valence-corrected chi connectivity index (χ4v) is 3.47. The molecular weight excluding hydrogens is 419 g/mol. The SMILES string of the molecule is CO[C@H](C(=O)NCc1cc(Cl)cc2cc(C(=O)O)c(=O)[nH]c12)c1ccccc1Cl. The number of halogens is 2. The van der Waals surface area contributed by atoms with Crippen molar-refractivity contribution in [1.29, 1.82) is 0 Å². The number of carboxylic acid groups (broad SMARTS) is 1. The van der Waals surface area contributed by atoms with Crippen LogP contribution < -0.4 is 10.9 Å². The van der Waals surface area contributed by atoms with Crippen LogP contribution >= 0.6 is 23.2 Å². The summed E-state index contributed by atoms with van der Waals surface area (Å²) in [6.45, 7) is 0.0303. The molecule has 1 atom stereocenters. The van der Waals surface area contributed by atoms with Crippen molar-refractivity contribution in [3.8, 4) is 0 Å². The van der Waals surface area contributed by atoms with Crippen molar-refractivity contribution in [3.05, 3.63) is 79.6 Å². The molecule has 9 heteroatoms. The third-order valence-corrected chi connectivity index (χ3v) is 4.91. The summed E-state index contributed by atoms with van der Waals surface area (Å²) >= 11 is 12.3. The molecule has 0 fully saturated rings. The van der Waals surface area contributed by atoms with Crippen LogP contribution in [0.5, 0.6) is 0 Å². The molecule has 0 saturated heterocycles. The number of amides is 1. The van der Waals surface area contributed by atoms with Gasteiger partial charge in [0.15, 0.2) is 6.10 Å². The summed E-state index contributed by atoms with van der Waals surface area (Å²) in [6, 6.07) is 11.2. The highest BCUT2D eigenvalue weighted by Crippen LogP contribution is 2.26. The van der Waals surface area contributed by atoms with Crippen molar-refractivity contribution in [3.63, 3.8) is 0 Å². The molecule has 29 heavy (non-hydrogen) atoms. The normalized spacial score (nSPS) is 12.0. The summed E-state index contributed by atoms with van der Waals surface area (Å²) in [6.07, 6.45) is -0.924. The van der Waals surface area contributed by atoms with E-state index in [0.717, 1.165) is 0 Å².